The number of ether oxygens (including phenoxy) is 1. The molecule has 0 N–H and O–H groups in total. The van der Waals surface area contributed by atoms with E-state index in [2.05, 4.69) is 0 Å². The first-order valence-electron chi connectivity index (χ1n) is 7.51. The summed E-state index contributed by atoms with van der Waals surface area (Å²) in [6, 6.07) is 0. The van der Waals surface area contributed by atoms with Gasteiger partial charge in [-0.3, -0.25) is 9.36 Å². The predicted molar refractivity (Wildman–Crippen MR) is 82.3 cm³/mol. The average molecular weight is 318 g/mol. The van der Waals surface area contributed by atoms with E-state index < -0.39 is 7.60 Å². The van der Waals surface area contributed by atoms with Gasteiger partial charge in [0.15, 0.2) is 0 Å². The van der Waals surface area contributed by atoms with Crippen molar-refractivity contribution in [3.8, 4) is 0 Å². The Bertz CT molecular complexity index is 402. The van der Waals surface area contributed by atoms with Crippen LogP contribution in [0, 0.1) is 5.92 Å². The SMILES string of the molecule is CC(=O)O[C@@H]1C=C[C@H](CCP(=O)(OC(C)C)OC(C)C)C1. The van der Waals surface area contributed by atoms with E-state index in [0.29, 0.717) is 12.6 Å². The summed E-state index contributed by atoms with van der Waals surface area (Å²) in [6.45, 7) is 8.80. The lowest BCUT2D eigenvalue weighted by molar-refractivity contribution is -0.144. The van der Waals surface area contributed by atoms with Crippen LogP contribution < -0.4 is 0 Å². The van der Waals surface area contributed by atoms with Crippen molar-refractivity contribution >= 4 is 13.6 Å². The second-order valence-corrected chi connectivity index (χ2v) is 8.05. The molecule has 0 amide bonds. The smallest absolute Gasteiger partial charge is 0.331 e. The van der Waals surface area contributed by atoms with E-state index in [0.717, 1.165) is 6.42 Å². The molecule has 0 aromatic rings. The van der Waals surface area contributed by atoms with Crippen molar-refractivity contribution < 1.29 is 23.1 Å². The van der Waals surface area contributed by atoms with Gasteiger partial charge in [-0.1, -0.05) is 6.08 Å². The Balaban J connectivity index is 2.49. The summed E-state index contributed by atoms with van der Waals surface area (Å²) in [5.74, 6) is -0.0311. The highest BCUT2D eigenvalue weighted by Crippen LogP contribution is 2.51. The molecule has 0 saturated heterocycles. The minimum Gasteiger partial charge on any atom is -0.458 e. The van der Waals surface area contributed by atoms with Crippen LogP contribution in [-0.2, 0) is 23.1 Å². The predicted octanol–water partition coefficient (Wildman–Crippen LogP) is 3.93. The second kappa shape index (κ2) is 8.11. The van der Waals surface area contributed by atoms with Gasteiger partial charge in [-0.2, -0.15) is 0 Å². The summed E-state index contributed by atoms with van der Waals surface area (Å²) in [5, 5.41) is 0. The molecule has 0 bridgehead atoms. The Morgan fingerprint density at radius 1 is 1.19 bits per heavy atom. The van der Waals surface area contributed by atoms with Crippen molar-refractivity contribution in [1.82, 2.24) is 0 Å². The minimum atomic E-state index is -3.07. The zero-order chi connectivity index (χ0) is 16.0. The molecule has 5 nitrogen and oxygen atoms in total. The van der Waals surface area contributed by atoms with Crippen LogP contribution in [-0.4, -0.2) is 30.4 Å². The third-order valence-electron chi connectivity index (χ3n) is 2.97. The molecule has 0 unspecified atom stereocenters. The topological polar surface area (TPSA) is 61.8 Å². The molecular formula is C15H27O5P. The summed E-state index contributed by atoms with van der Waals surface area (Å²) in [7, 11) is -3.07. The Hall–Kier alpha value is -0.640. The van der Waals surface area contributed by atoms with E-state index in [1.54, 1.807) is 0 Å². The third kappa shape index (κ3) is 7.25. The first-order valence-corrected chi connectivity index (χ1v) is 9.24. The summed E-state index contributed by atoms with van der Waals surface area (Å²) in [4.78, 5) is 10.9. The molecule has 6 heteroatoms. The lowest BCUT2D eigenvalue weighted by atomic mass is 10.1. The number of allylic oxidation sites excluding steroid dienone is 1. The fourth-order valence-corrected chi connectivity index (χ4v) is 4.54. The van der Waals surface area contributed by atoms with Crippen molar-refractivity contribution in [2.24, 2.45) is 5.92 Å². The van der Waals surface area contributed by atoms with Gasteiger partial charge in [0, 0.05) is 6.92 Å². The summed E-state index contributed by atoms with van der Waals surface area (Å²) >= 11 is 0. The monoisotopic (exact) mass is 318 g/mol. The molecule has 0 aromatic carbocycles. The van der Waals surface area contributed by atoms with Gasteiger partial charge in [0.05, 0.1) is 18.4 Å². The van der Waals surface area contributed by atoms with Crippen LogP contribution in [0.5, 0.6) is 0 Å². The molecule has 0 aromatic heterocycles. The first kappa shape index (κ1) is 18.4. The van der Waals surface area contributed by atoms with E-state index >= 15 is 0 Å². The molecule has 0 radical (unpaired) electrons. The zero-order valence-corrected chi connectivity index (χ0v) is 14.5. The van der Waals surface area contributed by atoms with Crippen molar-refractivity contribution in [2.45, 2.75) is 65.8 Å². The van der Waals surface area contributed by atoms with Crippen LogP contribution in [0.15, 0.2) is 12.2 Å². The van der Waals surface area contributed by atoms with E-state index in [4.69, 9.17) is 13.8 Å². The highest BCUT2D eigenvalue weighted by molar-refractivity contribution is 7.53. The molecule has 0 fully saturated rings. The van der Waals surface area contributed by atoms with Crippen molar-refractivity contribution in [1.29, 1.82) is 0 Å². The largest absolute Gasteiger partial charge is 0.458 e. The second-order valence-electron chi connectivity index (χ2n) is 5.96. The molecule has 21 heavy (non-hydrogen) atoms. The van der Waals surface area contributed by atoms with Crippen LogP contribution in [0.1, 0.15) is 47.5 Å². The molecule has 2 atom stereocenters. The van der Waals surface area contributed by atoms with Crippen molar-refractivity contribution in [3.05, 3.63) is 12.2 Å². The Kier molecular flexibility index (Phi) is 7.11. The van der Waals surface area contributed by atoms with Gasteiger partial charge in [-0.25, -0.2) is 0 Å². The highest BCUT2D eigenvalue weighted by Gasteiger charge is 2.30. The van der Waals surface area contributed by atoms with Crippen LogP contribution in [0.4, 0.5) is 0 Å². The molecule has 0 aliphatic heterocycles. The standard InChI is InChI=1S/C15H27O5P/c1-11(2)19-21(17,20-12(3)4)9-8-14-6-7-15(10-14)18-13(5)16/h6-7,11-12,14-15H,8-10H2,1-5H3/t14-,15-/m1/s1. The summed E-state index contributed by atoms with van der Waals surface area (Å²) in [6.07, 6.45) is 5.29. The quantitative estimate of drug-likeness (QED) is 0.385. The fourth-order valence-electron chi connectivity index (χ4n) is 2.35. The van der Waals surface area contributed by atoms with Gasteiger partial charge in [0.1, 0.15) is 6.10 Å². The lowest BCUT2D eigenvalue weighted by Crippen LogP contribution is -2.14. The minimum absolute atomic E-state index is 0.137. The molecule has 1 aliphatic carbocycles. The molecule has 1 rings (SSSR count). The number of rotatable bonds is 8. The Labute approximate surface area is 127 Å². The average Bonchev–Trinajstić information content (AvgIpc) is 2.71. The molecule has 1 aliphatic rings. The van der Waals surface area contributed by atoms with Crippen molar-refractivity contribution in [2.75, 3.05) is 6.16 Å². The normalized spacial score (nSPS) is 22.2. The molecule has 0 spiro atoms. The number of carbonyl (C=O) groups is 1. The first-order chi connectivity index (χ1) is 9.70. The van der Waals surface area contributed by atoms with Crippen molar-refractivity contribution in [3.63, 3.8) is 0 Å². The van der Waals surface area contributed by atoms with Crippen LogP contribution in [0.3, 0.4) is 0 Å². The zero-order valence-electron chi connectivity index (χ0n) is 13.6. The van der Waals surface area contributed by atoms with E-state index in [1.165, 1.54) is 6.92 Å². The van der Waals surface area contributed by atoms with Crippen LogP contribution >= 0.6 is 7.60 Å². The molecule has 122 valence electrons. The maximum atomic E-state index is 12.7. The number of carbonyl (C=O) groups excluding carboxylic acids is 1. The van der Waals surface area contributed by atoms with Crippen LogP contribution in [0.25, 0.3) is 0 Å². The Morgan fingerprint density at radius 2 is 1.76 bits per heavy atom. The molecular weight excluding hydrogens is 291 g/mol. The van der Waals surface area contributed by atoms with E-state index in [9.17, 15) is 9.36 Å². The van der Waals surface area contributed by atoms with E-state index in [-0.39, 0.29) is 30.2 Å². The molecule has 0 saturated carbocycles. The van der Waals surface area contributed by atoms with Gasteiger partial charge < -0.3 is 13.8 Å². The van der Waals surface area contributed by atoms with Gasteiger partial charge in [0.2, 0.25) is 0 Å². The van der Waals surface area contributed by atoms with E-state index in [1.807, 2.05) is 39.8 Å². The maximum absolute atomic E-state index is 12.7. The van der Waals surface area contributed by atoms with Gasteiger partial charge >= 0.3 is 13.6 Å². The van der Waals surface area contributed by atoms with Gasteiger partial charge in [-0.05, 0) is 52.5 Å². The fraction of sp³-hybridized carbons (Fsp3) is 0.800. The van der Waals surface area contributed by atoms with Crippen LogP contribution in [0.2, 0.25) is 0 Å². The number of hydrogen-bond donors (Lipinski definition) is 0. The summed E-state index contributed by atoms with van der Waals surface area (Å²) < 4.78 is 28.9. The Morgan fingerprint density at radius 3 is 2.24 bits per heavy atom. The van der Waals surface area contributed by atoms with Gasteiger partial charge in [-0.15, -0.1) is 0 Å². The maximum Gasteiger partial charge on any atom is 0.331 e. The summed E-state index contributed by atoms with van der Waals surface area (Å²) in [5.41, 5.74) is 0. The van der Waals surface area contributed by atoms with Gasteiger partial charge in [0.25, 0.3) is 0 Å². The third-order valence-corrected chi connectivity index (χ3v) is 5.26. The molecule has 0 heterocycles. The lowest BCUT2D eigenvalue weighted by Gasteiger charge is -2.23. The number of hydrogen-bond acceptors (Lipinski definition) is 5. The highest BCUT2D eigenvalue weighted by atomic mass is 31.2. The number of esters is 1.